The van der Waals surface area contributed by atoms with Gasteiger partial charge in [-0.3, -0.25) is 4.79 Å². The highest BCUT2D eigenvalue weighted by Crippen LogP contribution is 2.51. The van der Waals surface area contributed by atoms with E-state index < -0.39 is 10.0 Å². The highest BCUT2D eigenvalue weighted by Gasteiger charge is 2.49. The molecule has 1 aliphatic heterocycles. The summed E-state index contributed by atoms with van der Waals surface area (Å²) >= 11 is 12.1. The van der Waals surface area contributed by atoms with Crippen LogP contribution in [0.25, 0.3) is 0 Å². The van der Waals surface area contributed by atoms with Crippen molar-refractivity contribution in [3.63, 3.8) is 0 Å². The van der Waals surface area contributed by atoms with Gasteiger partial charge in [0, 0.05) is 12.5 Å². The largest absolute Gasteiger partial charge is 0.273 e. The Kier molecular flexibility index (Phi) is 3.47. The zero-order valence-electron chi connectivity index (χ0n) is 10.6. The molecule has 0 bridgehead atoms. The van der Waals surface area contributed by atoms with Crippen LogP contribution in [0, 0.1) is 5.92 Å². The molecule has 4 nitrogen and oxygen atoms in total. The fourth-order valence-electron chi connectivity index (χ4n) is 2.69. The fraction of sp³-hybridized carbons (Fsp3) is 0.462. The third kappa shape index (κ3) is 2.32. The second kappa shape index (κ2) is 4.90. The summed E-state index contributed by atoms with van der Waals surface area (Å²) in [5.74, 6) is -0.555. The molecule has 1 aliphatic carbocycles. The number of hydrogen-bond donors (Lipinski definition) is 0. The number of hydrogen-bond acceptors (Lipinski definition) is 3. The molecule has 20 heavy (non-hydrogen) atoms. The van der Waals surface area contributed by atoms with Crippen molar-refractivity contribution in [1.82, 2.24) is 4.31 Å². The van der Waals surface area contributed by atoms with Crippen molar-refractivity contribution in [2.24, 2.45) is 5.92 Å². The molecule has 1 aromatic carbocycles. The molecule has 2 aliphatic rings. The molecule has 0 aromatic heterocycles. The number of rotatable bonds is 2. The van der Waals surface area contributed by atoms with E-state index in [1.165, 1.54) is 0 Å². The van der Waals surface area contributed by atoms with E-state index in [0.29, 0.717) is 29.4 Å². The molecular formula is C13H13Cl2NO3S. The van der Waals surface area contributed by atoms with Gasteiger partial charge in [0.05, 0.1) is 15.8 Å². The number of benzene rings is 1. The highest BCUT2D eigenvalue weighted by atomic mass is 35.5. The molecule has 2 fully saturated rings. The zero-order valence-corrected chi connectivity index (χ0v) is 12.9. The molecule has 0 unspecified atom stereocenters. The monoisotopic (exact) mass is 333 g/mol. The average molecular weight is 334 g/mol. The number of halogens is 2. The van der Waals surface area contributed by atoms with E-state index in [2.05, 4.69) is 0 Å². The summed E-state index contributed by atoms with van der Waals surface area (Å²) in [7, 11) is -3.39. The van der Waals surface area contributed by atoms with Crippen LogP contribution in [0.2, 0.25) is 10.0 Å². The number of amides is 1. The molecule has 0 radical (unpaired) electrons. The molecule has 1 heterocycles. The normalized spacial score (nSPS) is 27.6. The lowest BCUT2D eigenvalue weighted by molar-refractivity contribution is -0.127. The van der Waals surface area contributed by atoms with E-state index in [0.717, 1.165) is 9.87 Å². The minimum Gasteiger partial charge on any atom is -0.273 e. The van der Waals surface area contributed by atoms with Crippen molar-refractivity contribution < 1.29 is 13.2 Å². The molecule has 1 amide bonds. The number of nitrogens with zero attached hydrogens (tertiary/aromatic N) is 1. The lowest BCUT2D eigenvalue weighted by Gasteiger charge is -2.14. The summed E-state index contributed by atoms with van der Waals surface area (Å²) in [4.78, 5) is 12.3. The summed E-state index contributed by atoms with van der Waals surface area (Å²) in [5.41, 5.74) is 0.828. The van der Waals surface area contributed by atoms with Crippen molar-refractivity contribution in [2.45, 2.75) is 18.8 Å². The Morgan fingerprint density at radius 2 is 2.05 bits per heavy atom. The van der Waals surface area contributed by atoms with E-state index in [9.17, 15) is 13.2 Å². The number of sulfonamides is 1. The molecular weight excluding hydrogens is 321 g/mol. The highest BCUT2D eigenvalue weighted by molar-refractivity contribution is 7.89. The molecule has 1 aromatic rings. The molecule has 2 atom stereocenters. The lowest BCUT2D eigenvalue weighted by atomic mass is 10.1. The van der Waals surface area contributed by atoms with Crippen LogP contribution in [0.5, 0.6) is 0 Å². The lowest BCUT2D eigenvalue weighted by Crippen LogP contribution is -2.34. The maximum absolute atomic E-state index is 12.3. The van der Waals surface area contributed by atoms with Gasteiger partial charge < -0.3 is 0 Å². The van der Waals surface area contributed by atoms with Crippen LogP contribution in [0.4, 0.5) is 0 Å². The maximum Gasteiger partial charge on any atom is 0.239 e. The van der Waals surface area contributed by atoms with Gasteiger partial charge in [-0.15, -0.1) is 0 Å². The molecule has 1 saturated heterocycles. The van der Waals surface area contributed by atoms with Gasteiger partial charge in [0.25, 0.3) is 0 Å². The quantitative estimate of drug-likeness (QED) is 0.836. The molecule has 0 spiro atoms. The Morgan fingerprint density at radius 3 is 2.70 bits per heavy atom. The van der Waals surface area contributed by atoms with E-state index in [1.807, 2.05) is 6.07 Å². The third-order valence-corrected chi connectivity index (χ3v) is 6.51. The van der Waals surface area contributed by atoms with Gasteiger partial charge in [-0.25, -0.2) is 12.7 Å². The Labute approximate surface area is 127 Å². The van der Waals surface area contributed by atoms with E-state index in [4.69, 9.17) is 23.2 Å². The SMILES string of the molecule is O=C([C@H]1C[C@@H]1c1cccc(Cl)c1Cl)N1CCCS1(=O)=O. The summed E-state index contributed by atoms with van der Waals surface area (Å²) < 4.78 is 24.5. The van der Waals surface area contributed by atoms with Crippen LogP contribution < -0.4 is 0 Å². The second-order valence-electron chi connectivity index (χ2n) is 5.17. The van der Waals surface area contributed by atoms with E-state index in [1.54, 1.807) is 12.1 Å². The van der Waals surface area contributed by atoms with Gasteiger partial charge in [0.15, 0.2) is 0 Å². The van der Waals surface area contributed by atoms with Crippen LogP contribution in [0.3, 0.4) is 0 Å². The first kappa shape index (κ1) is 14.2. The van der Waals surface area contributed by atoms with Gasteiger partial charge >= 0.3 is 0 Å². The fourth-order valence-corrected chi connectivity index (χ4v) is 4.67. The molecule has 7 heteroatoms. The van der Waals surface area contributed by atoms with Gasteiger partial charge in [-0.05, 0) is 30.4 Å². The van der Waals surface area contributed by atoms with Crippen LogP contribution in [-0.2, 0) is 14.8 Å². The molecule has 108 valence electrons. The first-order valence-electron chi connectivity index (χ1n) is 6.40. The summed E-state index contributed by atoms with van der Waals surface area (Å²) in [6.45, 7) is 0.299. The predicted molar refractivity (Wildman–Crippen MR) is 77.4 cm³/mol. The summed E-state index contributed by atoms with van der Waals surface area (Å²) in [6.07, 6.45) is 1.15. The van der Waals surface area contributed by atoms with Crippen LogP contribution in [0.15, 0.2) is 18.2 Å². The first-order valence-corrected chi connectivity index (χ1v) is 8.76. The molecule has 3 rings (SSSR count). The summed E-state index contributed by atoms with van der Waals surface area (Å²) in [6, 6.07) is 5.32. The molecule has 1 saturated carbocycles. The average Bonchev–Trinajstić information content (AvgIpc) is 3.09. The second-order valence-corrected chi connectivity index (χ2v) is 7.97. The minimum atomic E-state index is -3.39. The van der Waals surface area contributed by atoms with Crippen LogP contribution in [0.1, 0.15) is 24.3 Å². The standard InChI is InChI=1S/C13H13Cl2NO3S/c14-11-4-1-3-8(12(11)15)9-7-10(9)13(17)16-5-2-6-20(16,18)19/h1,3-4,9-10H,2,5-7H2/t9-,10+/m1/s1. The Bertz CT molecular complexity index is 674. The Balaban J connectivity index is 1.79. The van der Waals surface area contributed by atoms with E-state index >= 15 is 0 Å². The van der Waals surface area contributed by atoms with Gasteiger partial charge in [0.2, 0.25) is 15.9 Å². The maximum atomic E-state index is 12.3. The van der Waals surface area contributed by atoms with Crippen molar-refractivity contribution >= 4 is 39.1 Å². The van der Waals surface area contributed by atoms with Gasteiger partial charge in [-0.1, -0.05) is 35.3 Å². The van der Waals surface area contributed by atoms with Gasteiger partial charge in [-0.2, -0.15) is 0 Å². The number of carbonyl (C=O) groups is 1. The Hall–Kier alpha value is -0.780. The van der Waals surface area contributed by atoms with Crippen LogP contribution in [-0.4, -0.2) is 30.9 Å². The Morgan fingerprint density at radius 1 is 1.30 bits per heavy atom. The van der Waals surface area contributed by atoms with Crippen molar-refractivity contribution in [3.8, 4) is 0 Å². The minimum absolute atomic E-state index is 0.0236. The number of carbonyl (C=O) groups excluding carboxylic acids is 1. The van der Waals surface area contributed by atoms with Crippen molar-refractivity contribution in [3.05, 3.63) is 33.8 Å². The van der Waals surface area contributed by atoms with Crippen molar-refractivity contribution in [1.29, 1.82) is 0 Å². The zero-order chi connectivity index (χ0) is 14.5. The third-order valence-electron chi connectivity index (χ3n) is 3.83. The smallest absolute Gasteiger partial charge is 0.239 e. The topological polar surface area (TPSA) is 54.5 Å². The van der Waals surface area contributed by atoms with E-state index in [-0.39, 0.29) is 23.5 Å². The van der Waals surface area contributed by atoms with Crippen LogP contribution >= 0.6 is 23.2 Å². The first-order chi connectivity index (χ1) is 9.42. The van der Waals surface area contributed by atoms with Crippen molar-refractivity contribution in [2.75, 3.05) is 12.3 Å². The van der Waals surface area contributed by atoms with Gasteiger partial charge in [0.1, 0.15) is 0 Å². The summed E-state index contributed by atoms with van der Waals surface area (Å²) in [5, 5.41) is 0.912. The predicted octanol–water partition coefficient (Wildman–Crippen LogP) is 2.66. The molecule has 0 N–H and O–H groups in total.